The normalized spacial score (nSPS) is 18.1. The number of hydrogen-bond acceptors (Lipinski definition) is 3. The highest BCUT2D eigenvalue weighted by molar-refractivity contribution is 5.59. The van der Waals surface area contributed by atoms with Crippen molar-refractivity contribution in [2.75, 3.05) is 23.7 Å². The fourth-order valence-corrected chi connectivity index (χ4v) is 2.11. The van der Waals surface area contributed by atoms with Gasteiger partial charge in [-0.1, -0.05) is 0 Å². The van der Waals surface area contributed by atoms with Crippen LogP contribution in [0.5, 0.6) is 0 Å². The Morgan fingerprint density at radius 3 is 2.39 bits per heavy atom. The summed E-state index contributed by atoms with van der Waals surface area (Å²) in [6.07, 6.45) is -3.63. The van der Waals surface area contributed by atoms with Crippen LogP contribution in [0, 0.1) is 0 Å². The molecule has 0 spiro atoms. The largest absolute Gasteiger partial charge is 0.418 e. The molecule has 0 amide bonds. The fraction of sp³-hybridized carbons (Fsp3) is 0.500. The maximum Gasteiger partial charge on any atom is 0.418 e. The average molecular weight is 260 g/mol. The lowest BCUT2D eigenvalue weighted by atomic mass is 10.1. The van der Waals surface area contributed by atoms with Crippen molar-refractivity contribution >= 4 is 11.4 Å². The Morgan fingerprint density at radius 2 is 1.83 bits per heavy atom. The van der Waals surface area contributed by atoms with Crippen molar-refractivity contribution in [1.29, 1.82) is 0 Å². The van der Waals surface area contributed by atoms with E-state index >= 15 is 0 Å². The first-order valence-electron chi connectivity index (χ1n) is 5.77. The zero-order chi connectivity index (χ0) is 13.3. The molecular formula is C12H15F3N2O. The summed E-state index contributed by atoms with van der Waals surface area (Å²) in [6.45, 7) is 1.12. The summed E-state index contributed by atoms with van der Waals surface area (Å²) in [5.74, 6) is 0. The number of aliphatic hydroxyl groups is 1. The van der Waals surface area contributed by atoms with Gasteiger partial charge in [0, 0.05) is 24.5 Å². The van der Waals surface area contributed by atoms with E-state index in [1.807, 2.05) is 4.90 Å². The van der Waals surface area contributed by atoms with Crippen LogP contribution in [0.4, 0.5) is 24.5 Å². The first kappa shape index (κ1) is 13.0. The molecule has 1 saturated heterocycles. The van der Waals surface area contributed by atoms with Gasteiger partial charge in [0.05, 0.1) is 11.7 Å². The minimum Gasteiger partial charge on any atom is -0.398 e. The molecule has 3 N–H and O–H groups in total. The summed E-state index contributed by atoms with van der Waals surface area (Å²) < 4.78 is 38.2. The van der Waals surface area contributed by atoms with Crippen LogP contribution in [0.25, 0.3) is 0 Å². The van der Waals surface area contributed by atoms with Gasteiger partial charge in [0.25, 0.3) is 0 Å². The summed E-state index contributed by atoms with van der Waals surface area (Å²) in [5.41, 5.74) is 4.79. The zero-order valence-corrected chi connectivity index (χ0v) is 9.74. The molecule has 0 atom stereocenters. The number of hydrogen-bond donors (Lipinski definition) is 2. The number of rotatable bonds is 1. The molecule has 3 nitrogen and oxygen atoms in total. The van der Waals surface area contributed by atoms with Gasteiger partial charge in [-0.05, 0) is 31.0 Å². The van der Waals surface area contributed by atoms with Gasteiger partial charge in [0.15, 0.2) is 0 Å². The Morgan fingerprint density at radius 1 is 1.22 bits per heavy atom. The number of anilines is 2. The summed E-state index contributed by atoms with van der Waals surface area (Å²) in [4.78, 5) is 1.83. The molecule has 1 heterocycles. The van der Waals surface area contributed by atoms with Crippen molar-refractivity contribution in [3.63, 3.8) is 0 Å². The Kier molecular flexibility index (Phi) is 3.38. The SMILES string of the molecule is Nc1ccc(N2CCC(O)CC2)cc1C(F)(F)F. The van der Waals surface area contributed by atoms with Crippen molar-refractivity contribution in [3.8, 4) is 0 Å². The molecule has 1 fully saturated rings. The Hall–Kier alpha value is -1.43. The highest BCUT2D eigenvalue weighted by Crippen LogP contribution is 2.36. The third kappa shape index (κ3) is 2.69. The molecule has 1 aromatic carbocycles. The van der Waals surface area contributed by atoms with Crippen molar-refractivity contribution < 1.29 is 18.3 Å². The topological polar surface area (TPSA) is 49.5 Å². The third-order valence-corrected chi connectivity index (χ3v) is 3.17. The number of benzene rings is 1. The van der Waals surface area contributed by atoms with Gasteiger partial charge >= 0.3 is 6.18 Å². The van der Waals surface area contributed by atoms with Gasteiger partial charge in [-0.15, -0.1) is 0 Å². The van der Waals surface area contributed by atoms with Crippen molar-refractivity contribution in [2.45, 2.75) is 25.1 Å². The minimum atomic E-state index is -4.44. The lowest BCUT2D eigenvalue weighted by molar-refractivity contribution is -0.136. The molecule has 1 aliphatic heterocycles. The molecule has 0 unspecified atom stereocenters. The van der Waals surface area contributed by atoms with Crippen LogP contribution in [-0.2, 0) is 6.18 Å². The first-order valence-corrected chi connectivity index (χ1v) is 5.77. The van der Waals surface area contributed by atoms with E-state index in [9.17, 15) is 18.3 Å². The van der Waals surface area contributed by atoms with Gasteiger partial charge in [-0.25, -0.2) is 0 Å². The van der Waals surface area contributed by atoms with E-state index in [1.165, 1.54) is 6.07 Å². The number of piperidine rings is 1. The van der Waals surface area contributed by atoms with Crippen molar-refractivity contribution in [2.24, 2.45) is 0 Å². The molecular weight excluding hydrogens is 245 g/mol. The number of nitrogens with zero attached hydrogens (tertiary/aromatic N) is 1. The summed E-state index contributed by atoms with van der Waals surface area (Å²) in [6, 6.07) is 3.94. The van der Waals surface area contributed by atoms with E-state index in [0.717, 1.165) is 6.07 Å². The van der Waals surface area contributed by atoms with Crippen LogP contribution in [0.15, 0.2) is 18.2 Å². The number of halogens is 3. The molecule has 0 radical (unpaired) electrons. The standard InChI is InChI=1S/C12H15F3N2O/c13-12(14,15)10-7-8(1-2-11(10)16)17-5-3-9(18)4-6-17/h1-2,7,9,18H,3-6,16H2. The second kappa shape index (κ2) is 4.68. The van der Waals surface area contributed by atoms with E-state index in [2.05, 4.69) is 0 Å². The van der Waals surface area contributed by atoms with Gasteiger partial charge in [-0.2, -0.15) is 13.2 Å². The van der Waals surface area contributed by atoms with Crippen LogP contribution in [0.2, 0.25) is 0 Å². The summed E-state index contributed by atoms with van der Waals surface area (Å²) in [5, 5.41) is 9.38. The minimum absolute atomic E-state index is 0.261. The highest BCUT2D eigenvalue weighted by atomic mass is 19.4. The molecule has 0 saturated carbocycles. The van der Waals surface area contributed by atoms with E-state index < -0.39 is 11.7 Å². The molecule has 0 aliphatic carbocycles. The van der Waals surface area contributed by atoms with Gasteiger partial charge < -0.3 is 15.7 Å². The molecule has 0 bridgehead atoms. The van der Waals surface area contributed by atoms with Gasteiger partial charge in [-0.3, -0.25) is 0 Å². The lowest BCUT2D eigenvalue weighted by Crippen LogP contribution is -2.35. The zero-order valence-electron chi connectivity index (χ0n) is 9.74. The monoisotopic (exact) mass is 260 g/mol. The lowest BCUT2D eigenvalue weighted by Gasteiger charge is -2.32. The number of nitrogens with two attached hydrogens (primary N) is 1. The first-order chi connectivity index (χ1) is 8.38. The summed E-state index contributed by atoms with van der Waals surface area (Å²) >= 11 is 0. The van der Waals surface area contributed by atoms with Gasteiger partial charge in [0.2, 0.25) is 0 Å². The number of alkyl halides is 3. The van der Waals surface area contributed by atoms with E-state index in [1.54, 1.807) is 6.07 Å². The summed E-state index contributed by atoms with van der Waals surface area (Å²) in [7, 11) is 0. The third-order valence-electron chi connectivity index (χ3n) is 3.17. The smallest absolute Gasteiger partial charge is 0.398 e. The van der Waals surface area contributed by atoms with Crippen LogP contribution < -0.4 is 10.6 Å². The maximum absolute atomic E-state index is 12.7. The quantitative estimate of drug-likeness (QED) is 0.761. The van der Waals surface area contributed by atoms with Crippen molar-refractivity contribution in [3.05, 3.63) is 23.8 Å². The maximum atomic E-state index is 12.7. The number of aliphatic hydroxyl groups excluding tert-OH is 1. The molecule has 100 valence electrons. The molecule has 1 aliphatic rings. The Labute approximate surface area is 103 Å². The molecule has 1 aromatic rings. The van der Waals surface area contributed by atoms with E-state index in [0.29, 0.717) is 31.6 Å². The average Bonchev–Trinajstić information content (AvgIpc) is 2.29. The van der Waals surface area contributed by atoms with Crippen LogP contribution >= 0.6 is 0 Å². The Balaban J connectivity index is 2.24. The molecule has 2 rings (SSSR count). The fourth-order valence-electron chi connectivity index (χ4n) is 2.11. The van der Waals surface area contributed by atoms with Crippen LogP contribution in [0.1, 0.15) is 18.4 Å². The van der Waals surface area contributed by atoms with E-state index in [4.69, 9.17) is 5.73 Å². The number of nitrogen functional groups attached to an aromatic ring is 1. The highest BCUT2D eigenvalue weighted by Gasteiger charge is 2.33. The molecule has 6 heteroatoms. The Bertz CT molecular complexity index is 426. The second-order valence-electron chi connectivity index (χ2n) is 4.49. The molecule has 18 heavy (non-hydrogen) atoms. The molecule has 0 aromatic heterocycles. The second-order valence-corrected chi connectivity index (χ2v) is 4.49. The van der Waals surface area contributed by atoms with Crippen LogP contribution in [-0.4, -0.2) is 24.3 Å². The predicted octanol–water partition coefficient (Wildman–Crippen LogP) is 2.25. The van der Waals surface area contributed by atoms with Crippen LogP contribution in [0.3, 0.4) is 0 Å². The van der Waals surface area contributed by atoms with Gasteiger partial charge in [0.1, 0.15) is 0 Å². The van der Waals surface area contributed by atoms with Crippen molar-refractivity contribution in [1.82, 2.24) is 0 Å². The van der Waals surface area contributed by atoms with E-state index in [-0.39, 0.29) is 11.8 Å². The predicted molar refractivity (Wildman–Crippen MR) is 63.3 cm³/mol.